The molecule has 0 bridgehead atoms. The second-order valence-corrected chi connectivity index (χ2v) is 4.02. The van der Waals surface area contributed by atoms with Gasteiger partial charge in [-0.15, -0.1) is 0 Å². The minimum Gasteiger partial charge on any atom is -0.383 e. The fourth-order valence-electron chi connectivity index (χ4n) is 1.32. The molecule has 0 fully saturated rings. The maximum Gasteiger partial charge on any atom is 0.0613 e. The van der Waals surface area contributed by atoms with Crippen LogP contribution < -0.4 is 5.32 Å². The van der Waals surface area contributed by atoms with Gasteiger partial charge in [0, 0.05) is 19.2 Å². The molecule has 0 aliphatic carbocycles. The molecule has 0 saturated carbocycles. The van der Waals surface area contributed by atoms with Gasteiger partial charge in [-0.3, -0.25) is 0 Å². The van der Waals surface area contributed by atoms with Gasteiger partial charge >= 0.3 is 0 Å². The minimum atomic E-state index is 0.446. The molecule has 0 saturated heterocycles. The van der Waals surface area contributed by atoms with E-state index >= 15 is 0 Å². The van der Waals surface area contributed by atoms with E-state index in [9.17, 15) is 0 Å². The molecule has 0 rings (SSSR count). The van der Waals surface area contributed by atoms with Crippen molar-refractivity contribution in [3.05, 3.63) is 0 Å². The first kappa shape index (κ1) is 12.9. The first-order chi connectivity index (χ1) is 6.06. The lowest BCUT2D eigenvalue weighted by molar-refractivity contribution is 0.166. The van der Waals surface area contributed by atoms with Crippen molar-refractivity contribution in [2.45, 2.75) is 32.4 Å². The molecule has 0 radical (unpaired) electrons. The Balaban J connectivity index is 3.43. The van der Waals surface area contributed by atoms with Crippen LogP contribution in [0.1, 0.15) is 20.3 Å². The number of rotatable bonds is 7. The summed E-state index contributed by atoms with van der Waals surface area (Å²) in [6.45, 7) is 6.28. The first-order valence-corrected chi connectivity index (χ1v) is 4.96. The Kier molecular flexibility index (Phi) is 7.23. The fraction of sp³-hybridized carbons (Fsp3) is 1.00. The molecule has 0 spiro atoms. The summed E-state index contributed by atoms with van der Waals surface area (Å²) >= 11 is 0. The van der Waals surface area contributed by atoms with Crippen LogP contribution >= 0.6 is 0 Å². The third kappa shape index (κ3) is 8.22. The maximum absolute atomic E-state index is 5.06. The molecule has 3 heteroatoms. The molecule has 3 nitrogen and oxygen atoms in total. The molecule has 13 heavy (non-hydrogen) atoms. The van der Waals surface area contributed by atoms with Gasteiger partial charge in [0.25, 0.3) is 0 Å². The van der Waals surface area contributed by atoms with E-state index in [0.717, 1.165) is 13.2 Å². The van der Waals surface area contributed by atoms with Gasteiger partial charge in [0.05, 0.1) is 6.61 Å². The van der Waals surface area contributed by atoms with E-state index in [2.05, 4.69) is 38.2 Å². The second kappa shape index (κ2) is 7.30. The highest BCUT2D eigenvalue weighted by molar-refractivity contribution is 4.67. The van der Waals surface area contributed by atoms with Crippen molar-refractivity contribution in [3.8, 4) is 0 Å². The molecule has 0 heterocycles. The van der Waals surface area contributed by atoms with Crippen LogP contribution in [0.25, 0.3) is 0 Å². The predicted molar refractivity (Wildman–Crippen MR) is 57.1 cm³/mol. The monoisotopic (exact) mass is 188 g/mol. The minimum absolute atomic E-state index is 0.446. The Bertz CT molecular complexity index is 117. The third-order valence-corrected chi connectivity index (χ3v) is 2.00. The Hall–Kier alpha value is -0.120. The van der Waals surface area contributed by atoms with Crippen LogP contribution in [0, 0.1) is 0 Å². The highest BCUT2D eigenvalue weighted by atomic mass is 16.5. The Morgan fingerprint density at radius 3 is 2.31 bits per heavy atom. The average molecular weight is 188 g/mol. The molecule has 2 atom stereocenters. The van der Waals surface area contributed by atoms with Gasteiger partial charge in [0.1, 0.15) is 0 Å². The molecule has 0 aliphatic rings. The highest BCUT2D eigenvalue weighted by Gasteiger charge is 2.06. The van der Waals surface area contributed by atoms with Crippen LogP contribution in [0.2, 0.25) is 0 Å². The van der Waals surface area contributed by atoms with Crippen molar-refractivity contribution in [2.24, 2.45) is 0 Å². The van der Waals surface area contributed by atoms with Crippen LogP contribution in [-0.2, 0) is 4.74 Å². The second-order valence-electron chi connectivity index (χ2n) is 4.02. The summed E-state index contributed by atoms with van der Waals surface area (Å²) in [6.07, 6.45) is 1.18. The van der Waals surface area contributed by atoms with E-state index in [1.54, 1.807) is 7.11 Å². The lowest BCUT2D eigenvalue weighted by Gasteiger charge is -2.20. The standard InChI is InChI=1S/C10H24N2O/c1-9(6-7-12(3)4)11-10(2)8-13-5/h9-11H,6-8H2,1-5H3. The third-order valence-electron chi connectivity index (χ3n) is 2.00. The van der Waals surface area contributed by atoms with Gasteiger partial charge in [-0.1, -0.05) is 0 Å². The zero-order valence-corrected chi connectivity index (χ0v) is 9.63. The molecule has 80 valence electrons. The summed E-state index contributed by atoms with van der Waals surface area (Å²) in [5, 5.41) is 3.48. The quantitative estimate of drug-likeness (QED) is 0.644. The Labute approximate surface area is 82.4 Å². The SMILES string of the molecule is COCC(C)NC(C)CCN(C)C. The lowest BCUT2D eigenvalue weighted by Crippen LogP contribution is -2.38. The van der Waals surface area contributed by atoms with Crippen LogP contribution in [0.15, 0.2) is 0 Å². The predicted octanol–water partition coefficient (Wildman–Crippen LogP) is 0.951. The topological polar surface area (TPSA) is 24.5 Å². The number of hydrogen-bond donors (Lipinski definition) is 1. The van der Waals surface area contributed by atoms with Crippen molar-refractivity contribution in [1.29, 1.82) is 0 Å². The number of ether oxygens (including phenoxy) is 1. The molecular weight excluding hydrogens is 164 g/mol. The van der Waals surface area contributed by atoms with Crippen LogP contribution in [0.5, 0.6) is 0 Å². The van der Waals surface area contributed by atoms with Gasteiger partial charge in [-0.25, -0.2) is 0 Å². The van der Waals surface area contributed by atoms with Crippen molar-refractivity contribution in [2.75, 3.05) is 34.4 Å². The van der Waals surface area contributed by atoms with E-state index < -0.39 is 0 Å². The van der Waals surface area contributed by atoms with Gasteiger partial charge in [-0.2, -0.15) is 0 Å². The number of nitrogens with zero attached hydrogens (tertiary/aromatic N) is 1. The molecule has 0 aliphatic heterocycles. The van der Waals surface area contributed by atoms with Crippen molar-refractivity contribution in [1.82, 2.24) is 10.2 Å². The molecular formula is C10H24N2O. The molecule has 0 aromatic heterocycles. The van der Waals surface area contributed by atoms with Crippen LogP contribution in [0.4, 0.5) is 0 Å². The normalized spacial score (nSPS) is 16.2. The van der Waals surface area contributed by atoms with Gasteiger partial charge in [-0.05, 0) is 40.9 Å². The maximum atomic E-state index is 5.06. The summed E-state index contributed by atoms with van der Waals surface area (Å²) in [7, 11) is 5.94. The smallest absolute Gasteiger partial charge is 0.0613 e. The highest BCUT2D eigenvalue weighted by Crippen LogP contribution is 1.94. The molecule has 0 aromatic carbocycles. The number of nitrogens with one attached hydrogen (secondary N) is 1. The molecule has 1 N–H and O–H groups in total. The Morgan fingerprint density at radius 2 is 1.85 bits per heavy atom. The van der Waals surface area contributed by atoms with Crippen molar-refractivity contribution >= 4 is 0 Å². The summed E-state index contributed by atoms with van der Waals surface area (Å²) in [5.74, 6) is 0. The zero-order valence-electron chi connectivity index (χ0n) is 9.63. The summed E-state index contributed by atoms with van der Waals surface area (Å²) < 4.78 is 5.06. The average Bonchev–Trinajstić information content (AvgIpc) is 2.01. The summed E-state index contributed by atoms with van der Waals surface area (Å²) in [4.78, 5) is 2.21. The molecule has 0 aromatic rings. The molecule has 0 amide bonds. The van der Waals surface area contributed by atoms with Crippen LogP contribution in [-0.4, -0.2) is 51.3 Å². The van der Waals surface area contributed by atoms with Crippen molar-refractivity contribution in [3.63, 3.8) is 0 Å². The lowest BCUT2D eigenvalue weighted by atomic mass is 10.2. The molecule has 2 unspecified atom stereocenters. The first-order valence-electron chi connectivity index (χ1n) is 4.96. The summed E-state index contributed by atoms with van der Waals surface area (Å²) in [6, 6.07) is 1.01. The largest absolute Gasteiger partial charge is 0.383 e. The fourth-order valence-corrected chi connectivity index (χ4v) is 1.32. The van der Waals surface area contributed by atoms with E-state index in [-0.39, 0.29) is 0 Å². The van der Waals surface area contributed by atoms with E-state index in [4.69, 9.17) is 4.74 Å². The number of hydrogen-bond acceptors (Lipinski definition) is 3. The van der Waals surface area contributed by atoms with E-state index in [1.165, 1.54) is 6.42 Å². The van der Waals surface area contributed by atoms with E-state index in [0.29, 0.717) is 12.1 Å². The van der Waals surface area contributed by atoms with Crippen molar-refractivity contribution < 1.29 is 4.74 Å². The van der Waals surface area contributed by atoms with E-state index in [1.807, 2.05) is 0 Å². The zero-order chi connectivity index (χ0) is 10.3. The van der Waals surface area contributed by atoms with Gasteiger partial charge < -0.3 is 15.0 Å². The van der Waals surface area contributed by atoms with Gasteiger partial charge in [0.2, 0.25) is 0 Å². The summed E-state index contributed by atoms with van der Waals surface area (Å²) in [5.41, 5.74) is 0. The Morgan fingerprint density at radius 1 is 1.23 bits per heavy atom. The van der Waals surface area contributed by atoms with Crippen LogP contribution in [0.3, 0.4) is 0 Å². The van der Waals surface area contributed by atoms with Gasteiger partial charge in [0.15, 0.2) is 0 Å². The number of methoxy groups -OCH3 is 1.